The topological polar surface area (TPSA) is 81.7 Å². The summed E-state index contributed by atoms with van der Waals surface area (Å²) in [6, 6.07) is 24.0. The molecule has 0 spiro atoms. The Kier molecular flexibility index (Phi) is 7.54. The number of Topliss-reactive ketones (excluding diaryl/α,β-unsaturated/α-hetero) is 1. The number of hydrogen-bond acceptors (Lipinski definition) is 5. The molecule has 0 unspecified atom stereocenters. The Hall–Kier alpha value is -3.93. The van der Waals surface area contributed by atoms with Gasteiger partial charge in [-0.3, -0.25) is 14.4 Å². The number of rotatable bonds is 9. The van der Waals surface area contributed by atoms with Gasteiger partial charge < -0.3 is 14.8 Å². The van der Waals surface area contributed by atoms with Crippen LogP contribution in [-0.4, -0.2) is 30.8 Å². The zero-order chi connectivity index (χ0) is 22.1. The maximum absolute atomic E-state index is 12.9. The van der Waals surface area contributed by atoms with Crippen molar-refractivity contribution in [3.8, 4) is 5.75 Å². The van der Waals surface area contributed by atoms with Crippen LogP contribution in [-0.2, 0) is 9.53 Å². The van der Waals surface area contributed by atoms with Crippen LogP contribution in [0.4, 0.5) is 0 Å². The summed E-state index contributed by atoms with van der Waals surface area (Å²) >= 11 is 0. The van der Waals surface area contributed by atoms with Gasteiger partial charge in [0.25, 0.3) is 5.91 Å². The molecule has 1 atom stereocenters. The predicted molar refractivity (Wildman–Crippen MR) is 116 cm³/mol. The van der Waals surface area contributed by atoms with Gasteiger partial charge in [0, 0.05) is 16.7 Å². The van der Waals surface area contributed by atoms with E-state index in [9.17, 15) is 14.4 Å². The third-order valence-corrected chi connectivity index (χ3v) is 4.47. The number of ether oxygens (including phenoxy) is 2. The fraction of sp³-hybridized carbons (Fsp3) is 0.160. The summed E-state index contributed by atoms with van der Waals surface area (Å²) in [5.74, 6) is -0.815. The number of carbonyl (C=O) groups is 3. The van der Waals surface area contributed by atoms with Crippen molar-refractivity contribution >= 4 is 17.7 Å². The van der Waals surface area contributed by atoms with E-state index in [1.165, 1.54) is 0 Å². The summed E-state index contributed by atoms with van der Waals surface area (Å²) in [5, 5.41) is 2.52. The molecule has 0 aliphatic carbocycles. The van der Waals surface area contributed by atoms with Crippen LogP contribution in [0.25, 0.3) is 0 Å². The normalized spacial score (nSPS) is 11.3. The van der Waals surface area contributed by atoms with Crippen LogP contribution in [0.15, 0.2) is 84.9 Å². The van der Waals surface area contributed by atoms with Crippen LogP contribution < -0.4 is 10.1 Å². The molecular formula is C25H23NO5. The van der Waals surface area contributed by atoms with Gasteiger partial charge in [-0.2, -0.15) is 0 Å². The maximum Gasteiger partial charge on any atom is 0.326 e. The molecule has 3 aromatic rings. The van der Waals surface area contributed by atoms with Gasteiger partial charge in [0.1, 0.15) is 12.3 Å². The number of carbonyl (C=O) groups excluding carboxylic acids is 3. The quantitative estimate of drug-likeness (QED) is 0.421. The highest BCUT2D eigenvalue weighted by Gasteiger charge is 2.26. The van der Waals surface area contributed by atoms with Crippen LogP contribution in [0, 0.1) is 0 Å². The minimum atomic E-state index is -1.10. The van der Waals surface area contributed by atoms with Crippen molar-refractivity contribution < 1.29 is 23.9 Å². The molecule has 0 aliphatic heterocycles. The minimum Gasteiger partial charge on any atom is -0.494 e. The van der Waals surface area contributed by atoms with Crippen molar-refractivity contribution in [2.45, 2.75) is 13.0 Å². The molecule has 0 saturated carbocycles. The Balaban J connectivity index is 1.65. The molecule has 0 bridgehead atoms. The van der Waals surface area contributed by atoms with Crippen molar-refractivity contribution in [2.75, 3.05) is 13.2 Å². The first kappa shape index (κ1) is 21.8. The van der Waals surface area contributed by atoms with Crippen LogP contribution in [0.3, 0.4) is 0 Å². The van der Waals surface area contributed by atoms with E-state index in [0.29, 0.717) is 29.0 Å². The third kappa shape index (κ3) is 6.02. The Labute approximate surface area is 180 Å². The van der Waals surface area contributed by atoms with E-state index in [1.54, 1.807) is 78.9 Å². The second kappa shape index (κ2) is 10.7. The Morgan fingerprint density at radius 3 is 2.03 bits per heavy atom. The smallest absolute Gasteiger partial charge is 0.326 e. The first-order valence-electron chi connectivity index (χ1n) is 9.93. The van der Waals surface area contributed by atoms with Crippen molar-refractivity contribution in [2.24, 2.45) is 0 Å². The van der Waals surface area contributed by atoms with Crippen LogP contribution >= 0.6 is 0 Å². The number of nitrogens with one attached hydrogen (secondary N) is 1. The standard InChI is InChI=1S/C25H23NO5/c1-2-30-21-15-13-20(14-16-21)25(29)26-17-22(27)31-24(19-11-7-4-8-12-19)23(28)18-9-5-3-6-10-18/h3-16,24H,2,17H2,1H3,(H,26,29)/t24-/m0/s1. The average molecular weight is 417 g/mol. The summed E-state index contributed by atoms with van der Waals surface area (Å²) in [6.45, 7) is 2.04. The molecule has 0 fully saturated rings. The molecule has 6 heteroatoms. The van der Waals surface area contributed by atoms with Gasteiger partial charge in [-0.15, -0.1) is 0 Å². The molecule has 0 aromatic heterocycles. The van der Waals surface area contributed by atoms with Gasteiger partial charge in [0.15, 0.2) is 6.10 Å². The van der Waals surface area contributed by atoms with Crippen LogP contribution in [0.5, 0.6) is 5.75 Å². The molecule has 6 nitrogen and oxygen atoms in total. The van der Waals surface area contributed by atoms with E-state index in [2.05, 4.69) is 5.32 Å². The molecule has 3 aromatic carbocycles. The van der Waals surface area contributed by atoms with Gasteiger partial charge >= 0.3 is 5.97 Å². The molecule has 1 amide bonds. The molecule has 158 valence electrons. The lowest BCUT2D eigenvalue weighted by Crippen LogP contribution is -2.32. The molecule has 3 rings (SSSR count). The monoisotopic (exact) mass is 417 g/mol. The predicted octanol–water partition coefficient (Wildman–Crippen LogP) is 3.98. The second-order valence-electron chi connectivity index (χ2n) is 6.65. The SMILES string of the molecule is CCOc1ccc(C(=O)NCC(=O)O[C@H](C(=O)c2ccccc2)c2ccccc2)cc1. The lowest BCUT2D eigenvalue weighted by molar-refractivity contribution is -0.146. The van der Waals surface area contributed by atoms with Gasteiger partial charge in [-0.1, -0.05) is 60.7 Å². The lowest BCUT2D eigenvalue weighted by Gasteiger charge is -2.17. The Bertz CT molecular complexity index is 1020. The molecule has 0 radical (unpaired) electrons. The highest BCUT2D eigenvalue weighted by atomic mass is 16.5. The van der Waals surface area contributed by atoms with E-state index in [4.69, 9.17) is 9.47 Å². The fourth-order valence-electron chi connectivity index (χ4n) is 2.95. The van der Waals surface area contributed by atoms with E-state index in [1.807, 2.05) is 13.0 Å². The highest BCUT2D eigenvalue weighted by Crippen LogP contribution is 2.22. The van der Waals surface area contributed by atoms with Crippen molar-refractivity contribution in [3.05, 3.63) is 102 Å². The van der Waals surface area contributed by atoms with Crippen molar-refractivity contribution in [1.29, 1.82) is 0 Å². The lowest BCUT2D eigenvalue weighted by atomic mass is 10.00. The first-order chi connectivity index (χ1) is 15.1. The zero-order valence-electron chi connectivity index (χ0n) is 17.1. The zero-order valence-corrected chi connectivity index (χ0v) is 17.1. The van der Waals surface area contributed by atoms with Gasteiger partial charge in [0.05, 0.1) is 6.61 Å². The first-order valence-corrected chi connectivity index (χ1v) is 9.93. The van der Waals surface area contributed by atoms with Crippen LogP contribution in [0.1, 0.15) is 39.3 Å². The second-order valence-corrected chi connectivity index (χ2v) is 6.65. The van der Waals surface area contributed by atoms with Gasteiger partial charge in [0.2, 0.25) is 5.78 Å². The van der Waals surface area contributed by atoms with E-state index in [0.717, 1.165) is 0 Å². The molecule has 0 aliphatic rings. The van der Waals surface area contributed by atoms with Crippen LogP contribution in [0.2, 0.25) is 0 Å². The van der Waals surface area contributed by atoms with Gasteiger partial charge in [-0.05, 0) is 31.2 Å². The van der Waals surface area contributed by atoms with E-state index >= 15 is 0 Å². The summed E-state index contributed by atoms with van der Waals surface area (Å²) in [5.41, 5.74) is 1.38. The average Bonchev–Trinajstić information content (AvgIpc) is 2.82. The molecule has 0 heterocycles. The number of hydrogen-bond donors (Lipinski definition) is 1. The molecular weight excluding hydrogens is 394 g/mol. The maximum atomic E-state index is 12.9. The van der Waals surface area contributed by atoms with Crippen molar-refractivity contribution in [1.82, 2.24) is 5.32 Å². The largest absolute Gasteiger partial charge is 0.494 e. The fourth-order valence-corrected chi connectivity index (χ4v) is 2.95. The number of benzene rings is 3. The number of amides is 1. The summed E-state index contributed by atoms with van der Waals surface area (Å²) in [7, 11) is 0. The summed E-state index contributed by atoms with van der Waals surface area (Å²) in [4.78, 5) is 37.7. The number of ketones is 1. The van der Waals surface area contributed by atoms with E-state index in [-0.39, 0.29) is 12.3 Å². The third-order valence-electron chi connectivity index (χ3n) is 4.47. The summed E-state index contributed by atoms with van der Waals surface area (Å²) in [6.07, 6.45) is -1.10. The molecule has 31 heavy (non-hydrogen) atoms. The summed E-state index contributed by atoms with van der Waals surface area (Å²) < 4.78 is 10.8. The number of esters is 1. The minimum absolute atomic E-state index is 0.335. The highest BCUT2D eigenvalue weighted by molar-refractivity contribution is 6.01. The van der Waals surface area contributed by atoms with Crippen molar-refractivity contribution in [3.63, 3.8) is 0 Å². The van der Waals surface area contributed by atoms with E-state index < -0.39 is 18.0 Å². The molecule has 1 N–H and O–H groups in total. The Morgan fingerprint density at radius 1 is 0.806 bits per heavy atom. The van der Waals surface area contributed by atoms with Gasteiger partial charge in [-0.25, -0.2) is 0 Å². The molecule has 0 saturated heterocycles. The Morgan fingerprint density at radius 2 is 1.42 bits per heavy atom.